The number of hydrogen-bond acceptors (Lipinski definition) is 6. The number of nitrogens with one attached hydrogen (secondary N) is 2. The maximum atomic E-state index is 12.2. The summed E-state index contributed by atoms with van der Waals surface area (Å²) in [4.78, 5) is 24.5. The van der Waals surface area contributed by atoms with E-state index >= 15 is 0 Å². The maximum absolute atomic E-state index is 12.2. The number of carbonyl (C=O) groups excluding carboxylic acids is 1. The Labute approximate surface area is 169 Å². The fraction of sp³-hybridized carbons (Fsp3) is 0.381. The summed E-state index contributed by atoms with van der Waals surface area (Å²) in [5.74, 6) is 1.64. The number of rotatable bonds is 5. The molecule has 0 radical (unpaired) electrons. The molecule has 6 nitrogen and oxygen atoms in total. The van der Waals surface area contributed by atoms with E-state index in [1.807, 2.05) is 54.7 Å². The van der Waals surface area contributed by atoms with E-state index in [1.165, 1.54) is 11.3 Å². The van der Waals surface area contributed by atoms with Crippen LogP contribution in [0.5, 0.6) is 0 Å². The van der Waals surface area contributed by atoms with Gasteiger partial charge in [0.15, 0.2) is 0 Å². The predicted octanol–water partition coefficient (Wildman–Crippen LogP) is 3.91. The van der Waals surface area contributed by atoms with Gasteiger partial charge in [0.2, 0.25) is 5.95 Å². The van der Waals surface area contributed by atoms with Crippen LogP contribution < -0.4 is 15.5 Å². The van der Waals surface area contributed by atoms with Crippen molar-refractivity contribution < 1.29 is 4.79 Å². The zero-order chi connectivity index (χ0) is 19.5. The summed E-state index contributed by atoms with van der Waals surface area (Å²) in [7, 11) is 4.00. The Kier molecular flexibility index (Phi) is 5.43. The molecular formula is C21H25N5OS. The molecule has 28 heavy (non-hydrogen) atoms. The Hall–Kier alpha value is -2.67. The molecule has 2 aromatic heterocycles. The molecule has 1 aliphatic carbocycles. The van der Waals surface area contributed by atoms with Crippen LogP contribution in [0.1, 0.15) is 35.4 Å². The van der Waals surface area contributed by atoms with E-state index in [1.54, 1.807) is 0 Å². The third-order valence-corrected chi connectivity index (χ3v) is 6.02. The number of carbonyl (C=O) groups is 1. The third-order valence-electron chi connectivity index (χ3n) is 5.15. The van der Waals surface area contributed by atoms with Crippen LogP contribution in [0.3, 0.4) is 0 Å². The Morgan fingerprint density at radius 3 is 2.50 bits per heavy atom. The second-order valence-corrected chi connectivity index (χ2v) is 8.37. The van der Waals surface area contributed by atoms with Gasteiger partial charge in [0.1, 0.15) is 5.82 Å². The van der Waals surface area contributed by atoms with Crippen molar-refractivity contribution >= 4 is 39.9 Å². The monoisotopic (exact) mass is 395 g/mol. The van der Waals surface area contributed by atoms with Crippen molar-refractivity contribution in [3.05, 3.63) is 46.7 Å². The molecule has 0 saturated heterocycles. The Balaban J connectivity index is 1.39. The molecule has 2 N–H and O–H groups in total. The number of anilines is 2. The number of para-hydroxylation sites is 1. The number of hydrogen-bond donors (Lipinski definition) is 2. The van der Waals surface area contributed by atoms with E-state index in [2.05, 4.69) is 16.7 Å². The molecule has 2 heterocycles. The lowest BCUT2D eigenvalue weighted by molar-refractivity contribution is 0.0930. The minimum absolute atomic E-state index is 0.0416. The summed E-state index contributed by atoms with van der Waals surface area (Å²) in [6.07, 6.45) is 3.90. The lowest BCUT2D eigenvalue weighted by atomic mass is 9.91. The van der Waals surface area contributed by atoms with Crippen molar-refractivity contribution in [2.75, 3.05) is 24.3 Å². The molecule has 0 bridgehead atoms. The Bertz CT molecular complexity index is 949. The first-order valence-electron chi connectivity index (χ1n) is 9.65. The SMILES string of the molecule is CN(C)c1nc(NC2CCC(NC(=O)c3cccs3)CC2)nc2ccccc12. The van der Waals surface area contributed by atoms with Gasteiger partial charge in [0.05, 0.1) is 10.4 Å². The summed E-state index contributed by atoms with van der Waals surface area (Å²) in [5, 5.41) is 9.66. The van der Waals surface area contributed by atoms with E-state index in [-0.39, 0.29) is 11.9 Å². The van der Waals surface area contributed by atoms with Gasteiger partial charge in [-0.15, -0.1) is 11.3 Å². The van der Waals surface area contributed by atoms with Gasteiger partial charge < -0.3 is 15.5 Å². The molecule has 3 aromatic rings. The fourth-order valence-corrected chi connectivity index (χ4v) is 4.32. The normalized spacial score (nSPS) is 19.4. The number of nitrogens with zero attached hydrogens (tertiary/aromatic N) is 3. The minimum atomic E-state index is 0.0416. The largest absolute Gasteiger partial charge is 0.362 e. The van der Waals surface area contributed by atoms with Crippen molar-refractivity contribution in [3.8, 4) is 0 Å². The summed E-state index contributed by atoms with van der Waals surface area (Å²) in [6.45, 7) is 0. The van der Waals surface area contributed by atoms with Crippen LogP contribution >= 0.6 is 11.3 Å². The standard InChI is InChI=1S/C21H25N5OS/c1-26(2)19-16-6-3-4-7-17(16)24-21(25-19)23-15-11-9-14(10-12-15)22-20(27)18-8-5-13-28-18/h3-8,13-15H,9-12H2,1-2H3,(H,22,27)(H,23,24,25). The van der Waals surface area contributed by atoms with Crippen LogP contribution in [0, 0.1) is 0 Å². The van der Waals surface area contributed by atoms with Gasteiger partial charge in [-0.05, 0) is 49.3 Å². The van der Waals surface area contributed by atoms with Gasteiger partial charge in [0.25, 0.3) is 5.91 Å². The first-order chi connectivity index (χ1) is 13.6. The first-order valence-corrected chi connectivity index (χ1v) is 10.5. The van der Waals surface area contributed by atoms with Gasteiger partial charge in [0, 0.05) is 31.6 Å². The zero-order valence-electron chi connectivity index (χ0n) is 16.2. The molecule has 7 heteroatoms. The molecule has 1 aromatic carbocycles. The Morgan fingerprint density at radius 2 is 1.79 bits per heavy atom. The van der Waals surface area contributed by atoms with Crippen LogP contribution in [-0.2, 0) is 0 Å². The van der Waals surface area contributed by atoms with Crippen molar-refractivity contribution in [3.63, 3.8) is 0 Å². The second-order valence-electron chi connectivity index (χ2n) is 7.43. The smallest absolute Gasteiger partial charge is 0.261 e. The van der Waals surface area contributed by atoms with Gasteiger partial charge in [-0.25, -0.2) is 4.98 Å². The van der Waals surface area contributed by atoms with Crippen LogP contribution in [0.15, 0.2) is 41.8 Å². The molecule has 4 rings (SSSR count). The van der Waals surface area contributed by atoms with Crippen LogP contribution in [0.4, 0.5) is 11.8 Å². The number of benzene rings is 1. The quantitative estimate of drug-likeness (QED) is 0.685. The number of fused-ring (bicyclic) bond motifs is 1. The zero-order valence-corrected chi connectivity index (χ0v) is 17.0. The molecule has 1 saturated carbocycles. The van der Waals surface area contributed by atoms with Gasteiger partial charge >= 0.3 is 0 Å². The average Bonchev–Trinajstić information content (AvgIpc) is 3.24. The highest BCUT2D eigenvalue weighted by Crippen LogP contribution is 2.26. The lowest BCUT2D eigenvalue weighted by Crippen LogP contribution is -2.40. The summed E-state index contributed by atoms with van der Waals surface area (Å²) in [6, 6.07) is 12.4. The second kappa shape index (κ2) is 8.14. The van der Waals surface area contributed by atoms with E-state index in [9.17, 15) is 4.79 Å². The summed E-state index contributed by atoms with van der Waals surface area (Å²) in [5.41, 5.74) is 0.945. The summed E-state index contributed by atoms with van der Waals surface area (Å²) < 4.78 is 0. The first kappa shape index (κ1) is 18.7. The van der Waals surface area contributed by atoms with Gasteiger partial charge in [-0.2, -0.15) is 4.98 Å². The molecule has 1 aliphatic rings. The third kappa shape index (κ3) is 4.09. The van der Waals surface area contributed by atoms with E-state index in [0.29, 0.717) is 12.0 Å². The number of aromatic nitrogens is 2. The topological polar surface area (TPSA) is 70.2 Å². The van der Waals surface area contributed by atoms with Crippen molar-refractivity contribution in [2.45, 2.75) is 37.8 Å². The Morgan fingerprint density at radius 1 is 1.04 bits per heavy atom. The number of amides is 1. The van der Waals surface area contributed by atoms with Crippen molar-refractivity contribution in [1.82, 2.24) is 15.3 Å². The molecule has 0 unspecified atom stereocenters. The van der Waals surface area contributed by atoms with Crippen LogP contribution in [0.2, 0.25) is 0 Å². The van der Waals surface area contributed by atoms with E-state index in [0.717, 1.165) is 47.3 Å². The van der Waals surface area contributed by atoms with Gasteiger partial charge in [-0.1, -0.05) is 18.2 Å². The molecule has 1 fully saturated rings. The molecule has 0 spiro atoms. The van der Waals surface area contributed by atoms with Crippen LogP contribution in [0.25, 0.3) is 10.9 Å². The number of thiophene rings is 1. The van der Waals surface area contributed by atoms with E-state index in [4.69, 9.17) is 9.97 Å². The summed E-state index contributed by atoms with van der Waals surface area (Å²) >= 11 is 1.48. The maximum Gasteiger partial charge on any atom is 0.261 e. The highest BCUT2D eigenvalue weighted by Gasteiger charge is 2.24. The van der Waals surface area contributed by atoms with E-state index < -0.39 is 0 Å². The fourth-order valence-electron chi connectivity index (χ4n) is 3.69. The highest BCUT2D eigenvalue weighted by atomic mass is 32.1. The van der Waals surface area contributed by atoms with Crippen LogP contribution in [-0.4, -0.2) is 42.1 Å². The highest BCUT2D eigenvalue weighted by molar-refractivity contribution is 7.12. The average molecular weight is 396 g/mol. The molecule has 0 atom stereocenters. The molecule has 1 amide bonds. The van der Waals surface area contributed by atoms with Gasteiger partial charge in [-0.3, -0.25) is 4.79 Å². The van der Waals surface area contributed by atoms with Crippen molar-refractivity contribution in [1.29, 1.82) is 0 Å². The minimum Gasteiger partial charge on any atom is -0.362 e. The lowest BCUT2D eigenvalue weighted by Gasteiger charge is -2.29. The predicted molar refractivity (Wildman–Crippen MR) is 115 cm³/mol. The molecular weight excluding hydrogens is 370 g/mol. The molecule has 0 aliphatic heterocycles. The molecule has 146 valence electrons. The van der Waals surface area contributed by atoms with Crippen molar-refractivity contribution in [2.24, 2.45) is 0 Å².